The van der Waals surface area contributed by atoms with E-state index < -0.39 is 5.97 Å². The second-order valence-corrected chi connectivity index (χ2v) is 6.35. The highest BCUT2D eigenvalue weighted by molar-refractivity contribution is 5.76. The maximum Gasteiger partial charge on any atom is 0.315 e. The Morgan fingerprint density at radius 2 is 2.04 bits per heavy atom. The zero-order valence-electron chi connectivity index (χ0n) is 15.3. The molecule has 2 aromatic rings. The summed E-state index contributed by atoms with van der Waals surface area (Å²) in [5.41, 5.74) is 3.15. The molecule has 0 amide bonds. The van der Waals surface area contributed by atoms with Gasteiger partial charge in [0.1, 0.15) is 0 Å². The Hall–Kier alpha value is -2.81. The SMILES string of the molecule is COc1cc(C#N)ccc1OC(=O)Cc1c(C)nn(CC(C)C)c1C. The predicted octanol–water partition coefficient (Wildman–Crippen LogP) is 3.18. The molecule has 0 N–H and O–H groups in total. The Morgan fingerprint density at radius 3 is 2.64 bits per heavy atom. The van der Waals surface area contributed by atoms with Crippen molar-refractivity contribution < 1.29 is 14.3 Å². The van der Waals surface area contributed by atoms with Crippen molar-refractivity contribution in [1.29, 1.82) is 5.26 Å². The minimum atomic E-state index is -0.390. The van der Waals surface area contributed by atoms with Gasteiger partial charge in [-0.3, -0.25) is 9.48 Å². The smallest absolute Gasteiger partial charge is 0.315 e. The number of esters is 1. The van der Waals surface area contributed by atoms with Crippen LogP contribution in [0.3, 0.4) is 0 Å². The molecule has 1 heterocycles. The van der Waals surface area contributed by atoms with Crippen molar-refractivity contribution in [2.24, 2.45) is 5.92 Å². The van der Waals surface area contributed by atoms with E-state index in [2.05, 4.69) is 18.9 Å². The topological polar surface area (TPSA) is 77.1 Å². The first kappa shape index (κ1) is 18.5. The van der Waals surface area contributed by atoms with Crippen LogP contribution >= 0.6 is 0 Å². The molecule has 6 heteroatoms. The third kappa shape index (κ3) is 4.38. The van der Waals surface area contributed by atoms with E-state index in [4.69, 9.17) is 14.7 Å². The molecule has 0 fully saturated rings. The van der Waals surface area contributed by atoms with Gasteiger partial charge in [-0.25, -0.2) is 0 Å². The van der Waals surface area contributed by atoms with Gasteiger partial charge in [-0.2, -0.15) is 10.4 Å². The van der Waals surface area contributed by atoms with Crippen LogP contribution in [-0.4, -0.2) is 22.9 Å². The van der Waals surface area contributed by atoms with E-state index in [1.165, 1.54) is 7.11 Å². The number of aryl methyl sites for hydroxylation is 1. The zero-order valence-corrected chi connectivity index (χ0v) is 15.3. The minimum absolute atomic E-state index is 0.138. The molecular formula is C19H23N3O3. The average Bonchev–Trinajstić information content (AvgIpc) is 2.82. The second kappa shape index (κ2) is 7.84. The molecule has 2 rings (SSSR count). The average molecular weight is 341 g/mol. The lowest BCUT2D eigenvalue weighted by Crippen LogP contribution is -2.13. The van der Waals surface area contributed by atoms with E-state index >= 15 is 0 Å². The molecule has 0 unspecified atom stereocenters. The maximum atomic E-state index is 12.4. The van der Waals surface area contributed by atoms with E-state index in [1.807, 2.05) is 24.6 Å². The molecular weight excluding hydrogens is 318 g/mol. The lowest BCUT2D eigenvalue weighted by Gasteiger charge is -2.10. The van der Waals surface area contributed by atoms with E-state index in [1.54, 1.807) is 18.2 Å². The predicted molar refractivity (Wildman–Crippen MR) is 93.6 cm³/mol. The van der Waals surface area contributed by atoms with Crippen molar-refractivity contribution in [2.75, 3.05) is 7.11 Å². The van der Waals surface area contributed by atoms with Crippen LogP contribution < -0.4 is 9.47 Å². The van der Waals surface area contributed by atoms with Crippen molar-refractivity contribution in [3.05, 3.63) is 40.7 Å². The van der Waals surface area contributed by atoms with Gasteiger partial charge >= 0.3 is 5.97 Å². The molecule has 0 bridgehead atoms. The summed E-state index contributed by atoms with van der Waals surface area (Å²) in [4.78, 5) is 12.4. The first-order chi connectivity index (χ1) is 11.8. The Balaban J connectivity index is 2.16. The van der Waals surface area contributed by atoms with Gasteiger partial charge < -0.3 is 9.47 Å². The summed E-state index contributed by atoms with van der Waals surface area (Å²) < 4.78 is 12.6. The highest BCUT2D eigenvalue weighted by Gasteiger charge is 2.18. The first-order valence-electron chi connectivity index (χ1n) is 8.17. The van der Waals surface area contributed by atoms with Crippen LogP contribution in [0.5, 0.6) is 11.5 Å². The van der Waals surface area contributed by atoms with E-state index in [0.717, 1.165) is 23.5 Å². The number of hydrogen-bond donors (Lipinski definition) is 0. The largest absolute Gasteiger partial charge is 0.493 e. The van der Waals surface area contributed by atoms with Crippen LogP contribution in [0.25, 0.3) is 0 Å². The van der Waals surface area contributed by atoms with Crippen molar-refractivity contribution >= 4 is 5.97 Å². The Labute approximate surface area is 148 Å². The van der Waals surface area contributed by atoms with Crippen LogP contribution in [-0.2, 0) is 17.8 Å². The van der Waals surface area contributed by atoms with Gasteiger partial charge in [0.2, 0.25) is 0 Å². The molecule has 0 spiro atoms. The number of nitrogens with zero attached hydrogens (tertiary/aromatic N) is 3. The first-order valence-corrected chi connectivity index (χ1v) is 8.17. The number of carbonyl (C=O) groups is 1. The highest BCUT2D eigenvalue weighted by Crippen LogP contribution is 2.28. The lowest BCUT2D eigenvalue weighted by molar-refractivity contribution is -0.133. The van der Waals surface area contributed by atoms with Crippen LogP contribution in [0.1, 0.15) is 36.4 Å². The fourth-order valence-corrected chi connectivity index (χ4v) is 2.64. The molecule has 0 radical (unpaired) electrons. The van der Waals surface area contributed by atoms with Crippen molar-refractivity contribution in [1.82, 2.24) is 9.78 Å². The van der Waals surface area contributed by atoms with Crippen LogP contribution in [0.4, 0.5) is 0 Å². The normalized spacial score (nSPS) is 10.6. The highest BCUT2D eigenvalue weighted by atomic mass is 16.6. The van der Waals surface area contributed by atoms with Crippen LogP contribution in [0.15, 0.2) is 18.2 Å². The summed E-state index contributed by atoms with van der Waals surface area (Å²) in [6.45, 7) is 8.93. The number of methoxy groups -OCH3 is 1. The summed E-state index contributed by atoms with van der Waals surface area (Å²) in [5.74, 6) is 0.742. The minimum Gasteiger partial charge on any atom is -0.493 e. The molecule has 25 heavy (non-hydrogen) atoms. The Morgan fingerprint density at radius 1 is 1.32 bits per heavy atom. The Kier molecular flexibility index (Phi) is 5.81. The monoisotopic (exact) mass is 341 g/mol. The number of carbonyl (C=O) groups excluding carboxylic acids is 1. The second-order valence-electron chi connectivity index (χ2n) is 6.35. The summed E-state index contributed by atoms with van der Waals surface area (Å²) in [6, 6.07) is 6.72. The van der Waals surface area contributed by atoms with E-state index in [0.29, 0.717) is 23.0 Å². The van der Waals surface area contributed by atoms with Gasteiger partial charge in [-0.05, 0) is 31.9 Å². The third-order valence-electron chi connectivity index (χ3n) is 3.91. The molecule has 0 aliphatic rings. The quantitative estimate of drug-likeness (QED) is 0.596. The molecule has 1 aromatic carbocycles. The number of ether oxygens (including phenoxy) is 2. The Bertz CT molecular complexity index is 816. The molecule has 0 atom stereocenters. The standard InChI is InChI=1S/C19H23N3O3/c1-12(2)11-22-14(4)16(13(3)21-22)9-19(23)25-17-7-6-15(10-20)8-18(17)24-5/h6-8,12H,9,11H2,1-5H3. The third-order valence-corrected chi connectivity index (χ3v) is 3.91. The molecule has 1 aromatic heterocycles. The molecule has 132 valence electrons. The van der Waals surface area contributed by atoms with Gasteiger partial charge in [0.05, 0.1) is 30.9 Å². The van der Waals surface area contributed by atoms with Crippen molar-refractivity contribution in [2.45, 2.75) is 40.7 Å². The van der Waals surface area contributed by atoms with Gasteiger partial charge in [0.25, 0.3) is 0 Å². The summed E-state index contributed by atoms with van der Waals surface area (Å²) in [5, 5.41) is 13.4. The lowest BCUT2D eigenvalue weighted by atomic mass is 10.1. The maximum absolute atomic E-state index is 12.4. The van der Waals surface area contributed by atoms with Crippen LogP contribution in [0.2, 0.25) is 0 Å². The number of nitriles is 1. The van der Waals surface area contributed by atoms with Gasteiger partial charge in [-0.1, -0.05) is 13.8 Å². The molecule has 6 nitrogen and oxygen atoms in total. The van der Waals surface area contributed by atoms with Crippen molar-refractivity contribution in [3.63, 3.8) is 0 Å². The molecule has 0 saturated heterocycles. The van der Waals surface area contributed by atoms with Gasteiger partial charge in [0.15, 0.2) is 11.5 Å². The fraction of sp³-hybridized carbons (Fsp3) is 0.421. The summed E-state index contributed by atoms with van der Waals surface area (Å²) in [7, 11) is 1.47. The number of aromatic nitrogens is 2. The van der Waals surface area contributed by atoms with Gasteiger partial charge in [-0.15, -0.1) is 0 Å². The zero-order chi connectivity index (χ0) is 18.6. The molecule has 0 aliphatic carbocycles. The molecule has 0 aliphatic heterocycles. The van der Waals surface area contributed by atoms with E-state index in [9.17, 15) is 4.79 Å². The van der Waals surface area contributed by atoms with Crippen molar-refractivity contribution in [3.8, 4) is 17.6 Å². The fourth-order valence-electron chi connectivity index (χ4n) is 2.64. The van der Waals surface area contributed by atoms with E-state index in [-0.39, 0.29) is 6.42 Å². The number of hydrogen-bond acceptors (Lipinski definition) is 5. The number of rotatable bonds is 6. The summed E-state index contributed by atoms with van der Waals surface area (Å²) in [6.07, 6.45) is 0.138. The summed E-state index contributed by atoms with van der Waals surface area (Å²) >= 11 is 0. The van der Waals surface area contributed by atoms with Gasteiger partial charge in [0, 0.05) is 23.9 Å². The molecule has 0 saturated carbocycles. The van der Waals surface area contributed by atoms with Crippen LogP contribution in [0, 0.1) is 31.1 Å². The number of benzene rings is 1.